The largest absolute Gasteiger partial charge is 0.487 e. The molecule has 3 N–H and O–H groups in total. The number of halogens is 3. The summed E-state index contributed by atoms with van der Waals surface area (Å²) in [6.07, 6.45) is 0. The zero-order chi connectivity index (χ0) is 9.90. The van der Waals surface area contributed by atoms with Crippen LogP contribution < -0.4 is 16.0 Å². The summed E-state index contributed by atoms with van der Waals surface area (Å²) in [5, 5.41) is 0. The van der Waals surface area contributed by atoms with Crippen LogP contribution in [0, 0.1) is 0 Å². The van der Waals surface area contributed by atoms with Crippen LogP contribution in [0.3, 0.4) is 0 Å². The van der Waals surface area contributed by atoms with Crippen LogP contribution in [0.4, 0.5) is 14.5 Å². The number of nitrogens with one attached hydrogen (secondary N) is 1. The van der Waals surface area contributed by atoms with E-state index in [0.29, 0.717) is 5.69 Å². The molecule has 0 spiro atoms. The maximum absolute atomic E-state index is 12.1. The predicted octanol–water partition coefficient (Wildman–Crippen LogP) is 2.14. The summed E-state index contributed by atoms with van der Waals surface area (Å²) in [5.41, 5.74) is -0.754. The molecule has 0 saturated carbocycles. The Balaban J connectivity index is 2.70. The van der Waals surface area contributed by atoms with Gasteiger partial charge in [0.2, 0.25) is 0 Å². The molecule has 1 rings (SSSR count). The fourth-order valence-electron chi connectivity index (χ4n) is 0.753. The molecule has 6 heteroatoms. The van der Waals surface area contributed by atoms with E-state index >= 15 is 0 Å². The number of benzene rings is 1. The van der Waals surface area contributed by atoms with Crippen LogP contribution in [0.25, 0.3) is 0 Å². The molecule has 0 atom stereocenters. The molecule has 0 radical (unpaired) electrons. The summed E-state index contributed by atoms with van der Waals surface area (Å²) in [6, 6.07) is 5.62. The molecule has 0 bridgehead atoms. The van der Waals surface area contributed by atoms with Gasteiger partial charge in [-0.1, -0.05) is 0 Å². The summed E-state index contributed by atoms with van der Waals surface area (Å²) in [4.78, 5) is 0. The molecule has 1 aromatic rings. The average Bonchev–Trinajstić information content (AvgIpc) is 2.03. The molecule has 0 fully saturated rings. The first-order valence-corrected chi connectivity index (χ1v) is 3.71. The highest BCUT2D eigenvalue weighted by atomic mass is 35.5. The van der Waals surface area contributed by atoms with Gasteiger partial charge in [0.1, 0.15) is 5.75 Å². The van der Waals surface area contributed by atoms with Crippen molar-refractivity contribution in [3.05, 3.63) is 24.3 Å². The summed E-state index contributed by atoms with van der Waals surface area (Å²) >= 11 is 4.55. The van der Waals surface area contributed by atoms with Crippen LogP contribution in [0.5, 0.6) is 5.75 Å². The number of alkyl halides is 3. The van der Waals surface area contributed by atoms with E-state index in [4.69, 9.17) is 5.84 Å². The number of hydrogen-bond acceptors (Lipinski definition) is 3. The monoisotopic (exact) mass is 208 g/mol. The maximum atomic E-state index is 12.1. The van der Waals surface area contributed by atoms with Crippen molar-refractivity contribution in [2.24, 2.45) is 5.84 Å². The first-order chi connectivity index (χ1) is 6.01. The van der Waals surface area contributed by atoms with E-state index in [9.17, 15) is 8.78 Å². The molecule has 0 heterocycles. The quantitative estimate of drug-likeness (QED) is 0.455. The Kier molecular flexibility index (Phi) is 2.90. The van der Waals surface area contributed by atoms with Gasteiger partial charge in [-0.15, -0.1) is 8.78 Å². The van der Waals surface area contributed by atoms with Crippen molar-refractivity contribution in [1.82, 2.24) is 0 Å². The molecule has 0 aromatic heterocycles. The summed E-state index contributed by atoms with van der Waals surface area (Å²) < 4.78 is 28.3. The molecular weight excluding hydrogens is 202 g/mol. The zero-order valence-corrected chi connectivity index (χ0v) is 7.18. The van der Waals surface area contributed by atoms with E-state index in [1.165, 1.54) is 24.3 Å². The lowest BCUT2D eigenvalue weighted by Gasteiger charge is -2.10. The van der Waals surface area contributed by atoms with E-state index in [1.54, 1.807) is 0 Å². The van der Waals surface area contributed by atoms with Gasteiger partial charge in [-0.05, 0) is 24.3 Å². The molecule has 0 amide bonds. The second kappa shape index (κ2) is 3.76. The molecule has 1 aromatic carbocycles. The van der Waals surface area contributed by atoms with Gasteiger partial charge in [0.15, 0.2) is 0 Å². The standard InChI is InChI=1S/C7H7ClF2N2O/c8-7(9,10)13-6-3-1-5(12-11)2-4-6/h1-4,12H,11H2. The third-order valence-electron chi connectivity index (χ3n) is 1.25. The number of anilines is 1. The van der Waals surface area contributed by atoms with Crippen LogP contribution in [0.2, 0.25) is 0 Å². The lowest BCUT2D eigenvalue weighted by Crippen LogP contribution is -2.15. The van der Waals surface area contributed by atoms with Crippen LogP contribution in [0.15, 0.2) is 24.3 Å². The minimum atomic E-state index is -3.68. The number of nitrogen functional groups attached to an aromatic ring is 1. The second-order valence-electron chi connectivity index (χ2n) is 2.22. The van der Waals surface area contributed by atoms with Crippen molar-refractivity contribution >= 4 is 17.3 Å². The highest BCUT2D eigenvalue weighted by Gasteiger charge is 2.27. The van der Waals surface area contributed by atoms with Gasteiger partial charge < -0.3 is 10.2 Å². The molecular formula is C7H7ClF2N2O. The highest BCUT2D eigenvalue weighted by molar-refractivity contribution is 6.20. The van der Waals surface area contributed by atoms with Gasteiger partial charge >= 0.3 is 5.57 Å². The van der Waals surface area contributed by atoms with E-state index in [1.807, 2.05) is 0 Å². The molecule has 13 heavy (non-hydrogen) atoms. The normalized spacial score (nSPS) is 11.1. The van der Waals surface area contributed by atoms with Gasteiger partial charge in [0.05, 0.1) is 0 Å². The third kappa shape index (κ3) is 3.43. The maximum Gasteiger partial charge on any atom is 0.487 e. The fraction of sp³-hybridized carbons (Fsp3) is 0.143. The number of ether oxygens (including phenoxy) is 1. The highest BCUT2D eigenvalue weighted by Crippen LogP contribution is 2.25. The van der Waals surface area contributed by atoms with Crippen molar-refractivity contribution in [1.29, 1.82) is 0 Å². The van der Waals surface area contributed by atoms with Crippen LogP contribution >= 0.6 is 11.6 Å². The van der Waals surface area contributed by atoms with Gasteiger partial charge in [0, 0.05) is 17.3 Å². The number of rotatable bonds is 3. The van der Waals surface area contributed by atoms with Gasteiger partial charge in [-0.25, -0.2) is 0 Å². The van der Waals surface area contributed by atoms with Crippen molar-refractivity contribution in [3.63, 3.8) is 0 Å². The molecule has 72 valence electrons. The third-order valence-corrected chi connectivity index (χ3v) is 1.33. The smallest absolute Gasteiger partial charge is 0.420 e. The molecule has 0 aliphatic carbocycles. The minimum absolute atomic E-state index is 0.0287. The predicted molar refractivity (Wildman–Crippen MR) is 45.7 cm³/mol. The summed E-state index contributed by atoms with van der Waals surface area (Å²) in [5.74, 6) is 5.03. The van der Waals surface area contributed by atoms with Crippen molar-refractivity contribution in [2.45, 2.75) is 5.57 Å². The van der Waals surface area contributed by atoms with Crippen LogP contribution in [-0.2, 0) is 0 Å². The van der Waals surface area contributed by atoms with Crippen LogP contribution in [-0.4, -0.2) is 5.57 Å². The van der Waals surface area contributed by atoms with Gasteiger partial charge in [0.25, 0.3) is 0 Å². The zero-order valence-electron chi connectivity index (χ0n) is 6.43. The van der Waals surface area contributed by atoms with Crippen molar-refractivity contribution < 1.29 is 13.5 Å². The molecule has 3 nitrogen and oxygen atoms in total. The van der Waals surface area contributed by atoms with E-state index in [-0.39, 0.29) is 5.75 Å². The Morgan fingerprint density at radius 1 is 1.31 bits per heavy atom. The number of hydrazine groups is 1. The van der Waals surface area contributed by atoms with E-state index < -0.39 is 5.57 Å². The first-order valence-electron chi connectivity index (χ1n) is 3.34. The van der Waals surface area contributed by atoms with E-state index in [2.05, 4.69) is 21.8 Å². The van der Waals surface area contributed by atoms with Gasteiger partial charge in [-0.3, -0.25) is 5.84 Å². The second-order valence-corrected chi connectivity index (χ2v) is 2.66. The lowest BCUT2D eigenvalue weighted by atomic mass is 10.3. The SMILES string of the molecule is NNc1ccc(OC(F)(F)Cl)cc1. The first kappa shape index (κ1) is 10.0. The molecule has 0 aliphatic rings. The topological polar surface area (TPSA) is 47.3 Å². The van der Waals surface area contributed by atoms with Crippen molar-refractivity contribution in [3.8, 4) is 5.75 Å². The lowest BCUT2D eigenvalue weighted by molar-refractivity contribution is -0.0964. The average molecular weight is 209 g/mol. The molecule has 0 unspecified atom stereocenters. The van der Waals surface area contributed by atoms with Crippen LogP contribution in [0.1, 0.15) is 0 Å². The summed E-state index contributed by atoms with van der Waals surface area (Å²) in [6.45, 7) is 0. The molecule has 0 saturated heterocycles. The van der Waals surface area contributed by atoms with Gasteiger partial charge in [-0.2, -0.15) is 0 Å². The Morgan fingerprint density at radius 3 is 2.23 bits per heavy atom. The summed E-state index contributed by atoms with van der Waals surface area (Å²) in [7, 11) is 0. The van der Waals surface area contributed by atoms with Crippen molar-refractivity contribution in [2.75, 3.05) is 5.43 Å². The Bertz CT molecular complexity index is 273. The Hall–Kier alpha value is -1.07. The Morgan fingerprint density at radius 2 is 1.85 bits per heavy atom. The Labute approximate surface area is 78.4 Å². The number of nitrogens with two attached hydrogens (primary N) is 1. The minimum Gasteiger partial charge on any atom is -0.420 e. The number of hydrogen-bond donors (Lipinski definition) is 2. The fourth-order valence-corrected chi connectivity index (χ4v) is 0.842. The van der Waals surface area contributed by atoms with E-state index in [0.717, 1.165) is 0 Å². The molecule has 0 aliphatic heterocycles.